The number of aromatic nitrogens is 2. The van der Waals surface area contributed by atoms with Crippen LogP contribution in [0.2, 0.25) is 0 Å². The Morgan fingerprint density at radius 3 is 2.91 bits per heavy atom. The summed E-state index contributed by atoms with van der Waals surface area (Å²) < 4.78 is 10.4. The van der Waals surface area contributed by atoms with E-state index in [2.05, 4.69) is 15.5 Å². The molecule has 0 aliphatic heterocycles. The number of carbonyl (C=O) groups excluding carboxylic acids is 1. The van der Waals surface area contributed by atoms with Gasteiger partial charge in [-0.1, -0.05) is 35.5 Å². The van der Waals surface area contributed by atoms with E-state index in [1.165, 1.54) is 0 Å². The van der Waals surface area contributed by atoms with Crippen LogP contribution in [0, 0.1) is 0 Å². The highest BCUT2D eigenvalue weighted by atomic mass is 16.5. The minimum atomic E-state index is -0.0176. The van der Waals surface area contributed by atoms with Crippen LogP contribution < -0.4 is 5.32 Å². The molecular formula is C16H21N3O3. The molecule has 1 aromatic heterocycles. The van der Waals surface area contributed by atoms with E-state index in [0.29, 0.717) is 44.3 Å². The quantitative estimate of drug-likeness (QED) is 0.719. The fourth-order valence-corrected chi connectivity index (χ4v) is 1.92. The number of aryl methyl sites for hydroxylation is 1. The van der Waals surface area contributed by atoms with Crippen LogP contribution >= 0.6 is 0 Å². The van der Waals surface area contributed by atoms with E-state index in [1.54, 1.807) is 0 Å². The maximum absolute atomic E-state index is 11.7. The molecule has 0 bridgehead atoms. The summed E-state index contributed by atoms with van der Waals surface area (Å²) in [5.74, 6) is 1.01. The van der Waals surface area contributed by atoms with Crippen LogP contribution in [-0.2, 0) is 16.0 Å². The van der Waals surface area contributed by atoms with Crippen LogP contribution in [0.1, 0.15) is 25.7 Å². The molecule has 1 heterocycles. The van der Waals surface area contributed by atoms with Crippen molar-refractivity contribution < 1.29 is 14.1 Å². The van der Waals surface area contributed by atoms with Crippen LogP contribution in [0.3, 0.4) is 0 Å². The largest absolute Gasteiger partial charge is 0.382 e. The lowest BCUT2D eigenvalue weighted by Gasteiger charge is -2.04. The zero-order chi connectivity index (χ0) is 15.6. The highest BCUT2D eigenvalue weighted by Crippen LogP contribution is 2.15. The molecule has 2 rings (SSSR count). The summed E-state index contributed by atoms with van der Waals surface area (Å²) >= 11 is 0. The molecule has 0 atom stereocenters. The molecule has 0 unspecified atom stereocenters. The van der Waals surface area contributed by atoms with E-state index in [1.807, 2.05) is 37.3 Å². The van der Waals surface area contributed by atoms with Gasteiger partial charge >= 0.3 is 0 Å². The molecule has 6 nitrogen and oxygen atoms in total. The van der Waals surface area contributed by atoms with E-state index in [4.69, 9.17) is 9.26 Å². The van der Waals surface area contributed by atoms with Crippen molar-refractivity contribution in [1.29, 1.82) is 0 Å². The van der Waals surface area contributed by atoms with Gasteiger partial charge in [0.2, 0.25) is 17.6 Å². The first-order chi connectivity index (χ1) is 10.8. The number of amides is 1. The van der Waals surface area contributed by atoms with E-state index in [9.17, 15) is 4.79 Å². The molecule has 0 saturated carbocycles. The molecule has 0 aliphatic carbocycles. The number of nitrogens with one attached hydrogen (secondary N) is 1. The van der Waals surface area contributed by atoms with Gasteiger partial charge in [0.05, 0.1) is 0 Å². The first-order valence-corrected chi connectivity index (χ1v) is 7.52. The molecule has 0 fully saturated rings. The van der Waals surface area contributed by atoms with Crippen molar-refractivity contribution in [2.45, 2.75) is 26.2 Å². The van der Waals surface area contributed by atoms with Gasteiger partial charge in [0.15, 0.2) is 0 Å². The Labute approximate surface area is 129 Å². The molecule has 1 aromatic carbocycles. The molecule has 0 spiro atoms. The Morgan fingerprint density at radius 1 is 1.32 bits per heavy atom. The third-order valence-electron chi connectivity index (χ3n) is 3.06. The average molecular weight is 303 g/mol. The van der Waals surface area contributed by atoms with Crippen molar-refractivity contribution in [3.8, 4) is 11.4 Å². The Kier molecular flexibility index (Phi) is 6.57. The predicted molar refractivity (Wildman–Crippen MR) is 82.2 cm³/mol. The van der Waals surface area contributed by atoms with Gasteiger partial charge in [0.25, 0.3) is 0 Å². The van der Waals surface area contributed by atoms with Gasteiger partial charge in [0.1, 0.15) is 0 Å². The molecule has 0 radical (unpaired) electrons. The lowest BCUT2D eigenvalue weighted by Crippen LogP contribution is -2.25. The average Bonchev–Trinajstić information content (AvgIpc) is 3.02. The van der Waals surface area contributed by atoms with Gasteiger partial charge in [0, 0.05) is 38.2 Å². The first-order valence-electron chi connectivity index (χ1n) is 7.52. The van der Waals surface area contributed by atoms with Crippen LogP contribution in [0.5, 0.6) is 0 Å². The van der Waals surface area contributed by atoms with E-state index in [-0.39, 0.29) is 5.91 Å². The summed E-state index contributed by atoms with van der Waals surface area (Å²) in [6, 6.07) is 9.60. The summed E-state index contributed by atoms with van der Waals surface area (Å²) in [7, 11) is 0. The highest BCUT2D eigenvalue weighted by molar-refractivity contribution is 5.75. The molecule has 118 valence electrons. The first kappa shape index (κ1) is 16.2. The SMILES string of the molecule is CCOCCCNC(=O)CCc1nc(-c2ccccc2)no1. The molecular weight excluding hydrogens is 282 g/mol. The van der Waals surface area contributed by atoms with Gasteiger partial charge in [-0.2, -0.15) is 4.98 Å². The van der Waals surface area contributed by atoms with Gasteiger partial charge < -0.3 is 14.6 Å². The zero-order valence-electron chi connectivity index (χ0n) is 12.7. The van der Waals surface area contributed by atoms with Crippen molar-refractivity contribution in [3.05, 3.63) is 36.2 Å². The van der Waals surface area contributed by atoms with Crippen LogP contribution in [0.15, 0.2) is 34.9 Å². The molecule has 6 heteroatoms. The zero-order valence-corrected chi connectivity index (χ0v) is 12.7. The summed E-state index contributed by atoms with van der Waals surface area (Å²) in [5.41, 5.74) is 0.901. The maximum atomic E-state index is 11.7. The van der Waals surface area contributed by atoms with Crippen molar-refractivity contribution in [2.24, 2.45) is 0 Å². The van der Waals surface area contributed by atoms with Crippen molar-refractivity contribution in [2.75, 3.05) is 19.8 Å². The summed E-state index contributed by atoms with van der Waals surface area (Å²) in [6.07, 6.45) is 1.60. The molecule has 0 aliphatic rings. The molecule has 1 N–H and O–H groups in total. The van der Waals surface area contributed by atoms with E-state index < -0.39 is 0 Å². The lowest BCUT2D eigenvalue weighted by molar-refractivity contribution is -0.121. The Hall–Kier alpha value is -2.21. The van der Waals surface area contributed by atoms with Crippen molar-refractivity contribution in [3.63, 3.8) is 0 Å². The van der Waals surface area contributed by atoms with Crippen LogP contribution in [0.25, 0.3) is 11.4 Å². The lowest BCUT2D eigenvalue weighted by atomic mass is 10.2. The monoisotopic (exact) mass is 303 g/mol. The van der Waals surface area contributed by atoms with Crippen molar-refractivity contribution >= 4 is 5.91 Å². The normalized spacial score (nSPS) is 10.6. The fraction of sp³-hybridized carbons (Fsp3) is 0.438. The van der Waals surface area contributed by atoms with Gasteiger partial charge in [-0.05, 0) is 13.3 Å². The van der Waals surface area contributed by atoms with Gasteiger partial charge in [-0.15, -0.1) is 0 Å². The summed E-state index contributed by atoms with van der Waals surface area (Å²) in [5, 5.41) is 6.77. The number of nitrogens with zero attached hydrogens (tertiary/aromatic N) is 2. The Morgan fingerprint density at radius 2 is 2.14 bits per heavy atom. The number of hydrogen-bond donors (Lipinski definition) is 1. The topological polar surface area (TPSA) is 77.2 Å². The third-order valence-corrected chi connectivity index (χ3v) is 3.06. The van der Waals surface area contributed by atoms with Crippen LogP contribution in [0.4, 0.5) is 0 Å². The standard InChI is InChI=1S/C16H21N3O3/c1-2-21-12-6-11-17-14(20)9-10-15-18-16(19-22-15)13-7-4-3-5-8-13/h3-5,7-8H,2,6,9-12H2,1H3,(H,17,20). The molecule has 0 saturated heterocycles. The van der Waals surface area contributed by atoms with E-state index >= 15 is 0 Å². The molecule has 2 aromatic rings. The van der Waals surface area contributed by atoms with E-state index in [0.717, 1.165) is 12.0 Å². The second-order valence-electron chi connectivity index (χ2n) is 4.78. The minimum Gasteiger partial charge on any atom is -0.382 e. The Balaban J connectivity index is 1.71. The predicted octanol–water partition coefficient (Wildman–Crippen LogP) is 2.21. The van der Waals surface area contributed by atoms with Gasteiger partial charge in [-0.3, -0.25) is 4.79 Å². The number of carbonyl (C=O) groups is 1. The maximum Gasteiger partial charge on any atom is 0.227 e. The molecule has 22 heavy (non-hydrogen) atoms. The second kappa shape index (κ2) is 8.94. The van der Waals surface area contributed by atoms with Crippen molar-refractivity contribution in [1.82, 2.24) is 15.5 Å². The Bertz CT molecular complexity index is 569. The molecule has 1 amide bonds. The summed E-state index contributed by atoms with van der Waals surface area (Å²) in [6.45, 7) is 3.94. The number of hydrogen-bond acceptors (Lipinski definition) is 5. The second-order valence-corrected chi connectivity index (χ2v) is 4.78. The number of benzene rings is 1. The minimum absolute atomic E-state index is 0.0176. The van der Waals surface area contributed by atoms with Gasteiger partial charge in [-0.25, -0.2) is 0 Å². The smallest absolute Gasteiger partial charge is 0.227 e. The highest BCUT2D eigenvalue weighted by Gasteiger charge is 2.10. The third kappa shape index (κ3) is 5.29. The number of rotatable bonds is 9. The summed E-state index contributed by atoms with van der Waals surface area (Å²) in [4.78, 5) is 16.0. The fourth-order valence-electron chi connectivity index (χ4n) is 1.92. The van der Waals surface area contributed by atoms with Crippen LogP contribution in [-0.4, -0.2) is 35.8 Å². The number of ether oxygens (including phenoxy) is 1.